The third-order valence-corrected chi connectivity index (χ3v) is 10.1. The molecule has 2 N–H and O–H groups in total. The molecule has 2 aromatic heterocycles. The lowest BCUT2D eigenvalue weighted by Gasteiger charge is -2.34. The maximum Gasteiger partial charge on any atom is 0.167 e. The second-order valence-corrected chi connectivity index (χ2v) is 15.0. The second-order valence-electron chi connectivity index (χ2n) is 12.7. The van der Waals surface area contributed by atoms with Crippen LogP contribution in [0.1, 0.15) is 131 Å². The van der Waals surface area contributed by atoms with E-state index in [1.54, 1.807) is 24.7 Å². The van der Waals surface area contributed by atoms with Crippen molar-refractivity contribution in [2.75, 3.05) is 18.9 Å². The zero-order chi connectivity index (χ0) is 32.0. The molecule has 3 heterocycles. The highest BCUT2D eigenvalue weighted by atomic mass is 31.2. The van der Waals surface area contributed by atoms with Crippen LogP contribution in [0.3, 0.4) is 0 Å². The maximum atomic E-state index is 13.0. The van der Waals surface area contributed by atoms with E-state index in [4.69, 9.17) is 24.5 Å². The summed E-state index contributed by atoms with van der Waals surface area (Å²) in [6.07, 6.45) is 17.6. The van der Waals surface area contributed by atoms with Gasteiger partial charge in [-0.1, -0.05) is 104 Å². The summed E-state index contributed by atoms with van der Waals surface area (Å²) in [5.41, 5.74) is 6.26. The Morgan fingerprint density at radius 3 is 2.07 bits per heavy atom. The van der Waals surface area contributed by atoms with E-state index in [9.17, 15) is 9.46 Å². The Kier molecular flexibility index (Phi) is 16.0. The maximum absolute atomic E-state index is 13.0. The number of aromatic nitrogens is 4. The molecule has 12 heteroatoms. The molecule has 0 aromatic carbocycles. The molecule has 44 heavy (non-hydrogen) atoms. The summed E-state index contributed by atoms with van der Waals surface area (Å²) in [7, 11) is -4.21. The first kappa shape index (κ1) is 36.8. The number of ether oxygens (including phenoxy) is 3. The minimum Gasteiger partial charge on any atom is -0.778 e. The molecule has 0 bridgehead atoms. The largest absolute Gasteiger partial charge is 0.778 e. The fraction of sp³-hybridized carbons (Fsp3) is 0.844. The molecule has 1 aliphatic heterocycles. The Morgan fingerprint density at radius 1 is 0.909 bits per heavy atom. The van der Waals surface area contributed by atoms with Gasteiger partial charge in [-0.25, -0.2) is 15.0 Å². The van der Waals surface area contributed by atoms with Gasteiger partial charge in [0.25, 0.3) is 0 Å². The van der Waals surface area contributed by atoms with Crippen LogP contribution in [0.4, 0.5) is 5.82 Å². The number of unbranched alkanes of at least 4 members (excludes halogenated alkanes) is 13. The molecule has 2 unspecified atom stereocenters. The first-order valence-electron chi connectivity index (χ1n) is 17.0. The van der Waals surface area contributed by atoms with E-state index >= 15 is 0 Å². The molecule has 2 aromatic rings. The molecule has 0 amide bonds. The molecule has 11 nitrogen and oxygen atoms in total. The topological polar surface area (TPSA) is 147 Å². The van der Waals surface area contributed by atoms with Crippen LogP contribution in [-0.4, -0.2) is 62.8 Å². The smallest absolute Gasteiger partial charge is 0.167 e. The van der Waals surface area contributed by atoms with Crippen LogP contribution in [0.25, 0.3) is 11.2 Å². The van der Waals surface area contributed by atoms with E-state index in [2.05, 4.69) is 21.9 Å². The Morgan fingerprint density at radius 2 is 1.50 bits per heavy atom. The van der Waals surface area contributed by atoms with Crippen LogP contribution in [-0.2, 0) is 23.3 Å². The fourth-order valence-electron chi connectivity index (χ4n) is 5.52. The number of rotatable bonds is 23. The predicted molar refractivity (Wildman–Crippen MR) is 172 cm³/mol. The summed E-state index contributed by atoms with van der Waals surface area (Å²) < 4.78 is 39.2. The van der Waals surface area contributed by atoms with Crippen LogP contribution >= 0.6 is 7.60 Å². The van der Waals surface area contributed by atoms with Crippen molar-refractivity contribution in [3.05, 3.63) is 12.7 Å². The number of nitrogen functional groups attached to an aromatic ring is 1. The van der Waals surface area contributed by atoms with Crippen molar-refractivity contribution in [2.24, 2.45) is 0 Å². The summed E-state index contributed by atoms with van der Waals surface area (Å²) in [6, 6.07) is 0. The summed E-state index contributed by atoms with van der Waals surface area (Å²) >= 11 is 0. The number of fused-ring (bicyclic) bond motifs is 1. The summed E-state index contributed by atoms with van der Waals surface area (Å²) in [5, 5.41) is 0. The third kappa shape index (κ3) is 11.3. The highest BCUT2D eigenvalue weighted by Crippen LogP contribution is 2.48. The van der Waals surface area contributed by atoms with Crippen molar-refractivity contribution in [2.45, 2.75) is 161 Å². The first-order valence-corrected chi connectivity index (χ1v) is 18.6. The molecule has 1 saturated heterocycles. The Balaban J connectivity index is 1.57. The van der Waals surface area contributed by atoms with Gasteiger partial charge in [-0.15, -0.1) is 0 Å². The van der Waals surface area contributed by atoms with Gasteiger partial charge in [-0.2, -0.15) is 0 Å². The molecular weight excluding hydrogens is 581 g/mol. The molecule has 1 aliphatic rings. The van der Waals surface area contributed by atoms with Crippen LogP contribution in [0.5, 0.6) is 0 Å². The molecule has 0 aliphatic carbocycles. The van der Waals surface area contributed by atoms with E-state index in [0.717, 1.165) is 19.3 Å². The molecular formula is C32H57N5O6P-. The number of anilines is 1. The van der Waals surface area contributed by atoms with Crippen molar-refractivity contribution in [3.63, 3.8) is 0 Å². The molecule has 5 atom stereocenters. The standard InChI is InChI=1S/C32H58N5O6P/c1-6-7-8-9-10-11-12-13-14-15-16-17-18-19-20-40-29-28(43-44(38,39)25(4)5)26(21-41-24(2)3)42-32(29)37-23-36-27-30(33)34-22-35-31(27)37/h22-26,28-29,32H,6-21H2,1-5H3,(H,38,39)(H2,33,34,35)/p-1/t26-,28+,29?,32-/m1/s1. The van der Waals surface area contributed by atoms with E-state index in [-0.39, 0.29) is 18.5 Å². The normalized spacial score (nSPS) is 22.0. The highest BCUT2D eigenvalue weighted by molar-refractivity contribution is 7.52. The molecule has 0 radical (unpaired) electrons. The van der Waals surface area contributed by atoms with Gasteiger partial charge in [0.2, 0.25) is 0 Å². The van der Waals surface area contributed by atoms with Gasteiger partial charge >= 0.3 is 0 Å². The van der Waals surface area contributed by atoms with Crippen molar-refractivity contribution >= 4 is 24.6 Å². The highest BCUT2D eigenvalue weighted by Gasteiger charge is 2.49. The van der Waals surface area contributed by atoms with Crippen LogP contribution in [0.15, 0.2) is 12.7 Å². The fourth-order valence-corrected chi connectivity index (χ4v) is 6.36. The van der Waals surface area contributed by atoms with Crippen LogP contribution < -0.4 is 10.6 Å². The van der Waals surface area contributed by atoms with Crippen LogP contribution in [0.2, 0.25) is 0 Å². The van der Waals surface area contributed by atoms with Gasteiger partial charge in [0.1, 0.15) is 37.8 Å². The molecule has 0 saturated carbocycles. The van der Waals surface area contributed by atoms with E-state index in [0.29, 0.717) is 17.8 Å². The minimum atomic E-state index is -4.21. The number of hydrogen-bond donors (Lipinski definition) is 1. The zero-order valence-corrected chi connectivity index (χ0v) is 28.6. The lowest BCUT2D eigenvalue weighted by atomic mass is 10.0. The molecule has 252 valence electrons. The molecule has 3 rings (SSSR count). The minimum absolute atomic E-state index is 0.0704. The van der Waals surface area contributed by atoms with Gasteiger partial charge < -0.3 is 33.9 Å². The average Bonchev–Trinajstić information content (AvgIpc) is 3.55. The Labute approximate surface area is 264 Å². The van der Waals surface area contributed by atoms with E-state index < -0.39 is 37.8 Å². The van der Waals surface area contributed by atoms with Gasteiger partial charge in [0.15, 0.2) is 17.7 Å². The van der Waals surface area contributed by atoms with Crippen molar-refractivity contribution in [1.29, 1.82) is 0 Å². The Bertz CT molecular complexity index is 1130. The quantitative estimate of drug-likeness (QED) is 0.100. The van der Waals surface area contributed by atoms with Gasteiger partial charge in [0.05, 0.1) is 19.0 Å². The molecule has 0 spiro atoms. The number of imidazole rings is 1. The van der Waals surface area contributed by atoms with Crippen molar-refractivity contribution in [1.82, 2.24) is 19.5 Å². The Hall–Kier alpha value is -1.62. The van der Waals surface area contributed by atoms with E-state index in [1.165, 1.54) is 77.0 Å². The molecule has 1 fully saturated rings. The average molecular weight is 639 g/mol. The lowest BCUT2D eigenvalue weighted by molar-refractivity contribution is -0.210. The van der Waals surface area contributed by atoms with Gasteiger partial charge in [-0.3, -0.25) is 4.57 Å². The lowest BCUT2D eigenvalue weighted by Crippen LogP contribution is -2.40. The second kappa shape index (κ2) is 19.1. The zero-order valence-electron chi connectivity index (χ0n) is 27.7. The number of nitrogens with two attached hydrogens (primary N) is 1. The summed E-state index contributed by atoms with van der Waals surface area (Å²) in [4.78, 5) is 25.8. The van der Waals surface area contributed by atoms with Gasteiger partial charge in [-0.05, 0) is 20.3 Å². The van der Waals surface area contributed by atoms with Gasteiger partial charge in [0, 0.05) is 12.3 Å². The summed E-state index contributed by atoms with van der Waals surface area (Å²) in [6.45, 7) is 9.91. The summed E-state index contributed by atoms with van der Waals surface area (Å²) in [5.74, 6) is 0.253. The first-order chi connectivity index (χ1) is 21.2. The predicted octanol–water partition coefficient (Wildman–Crippen LogP) is 6.94. The third-order valence-electron chi connectivity index (χ3n) is 8.25. The number of nitrogens with zero attached hydrogens (tertiary/aromatic N) is 4. The van der Waals surface area contributed by atoms with Crippen molar-refractivity contribution in [3.8, 4) is 0 Å². The van der Waals surface area contributed by atoms with Crippen LogP contribution in [0, 0.1) is 0 Å². The number of hydrogen-bond acceptors (Lipinski definition) is 10. The SMILES string of the molecule is CCCCCCCCCCCCCCCCOC1[C@@H](OP(=O)([O-])C(C)C)[C@@H](COC(C)C)O[C@H]1n1cnc2c(N)ncnc21. The van der Waals surface area contributed by atoms with Crippen molar-refractivity contribution < 1.29 is 28.2 Å². The van der Waals surface area contributed by atoms with E-state index in [1.807, 2.05) is 13.8 Å². The monoisotopic (exact) mass is 638 g/mol.